The molecular formula is C25H23Cl2N5O. The molecule has 0 unspecified atom stereocenters. The first-order valence-electron chi connectivity index (χ1n) is 10.6. The van der Waals surface area contributed by atoms with Gasteiger partial charge < -0.3 is 10.6 Å². The third-order valence-corrected chi connectivity index (χ3v) is 5.55. The van der Waals surface area contributed by atoms with Crippen molar-refractivity contribution < 1.29 is 4.79 Å². The molecule has 0 bridgehead atoms. The molecule has 0 radical (unpaired) electrons. The molecule has 3 aromatic carbocycles. The Balaban J connectivity index is 1.47. The number of aryl methyl sites for hydroxylation is 1. The summed E-state index contributed by atoms with van der Waals surface area (Å²) >= 11 is 11.9. The summed E-state index contributed by atoms with van der Waals surface area (Å²) in [6.45, 7) is 0.995. The fourth-order valence-electron chi connectivity index (χ4n) is 3.24. The molecule has 168 valence electrons. The van der Waals surface area contributed by atoms with Crippen LogP contribution in [0.4, 0.5) is 11.9 Å². The molecule has 6 nitrogen and oxygen atoms in total. The van der Waals surface area contributed by atoms with E-state index in [1.54, 1.807) is 0 Å². The van der Waals surface area contributed by atoms with Crippen molar-refractivity contribution in [2.75, 3.05) is 10.6 Å². The van der Waals surface area contributed by atoms with E-state index in [-0.39, 0.29) is 5.91 Å². The molecule has 0 aliphatic heterocycles. The molecule has 4 rings (SSSR count). The van der Waals surface area contributed by atoms with E-state index in [0.717, 1.165) is 16.7 Å². The third-order valence-electron chi connectivity index (χ3n) is 5.04. The zero-order chi connectivity index (χ0) is 23.0. The quantitative estimate of drug-likeness (QED) is 0.304. The molecule has 0 aliphatic rings. The van der Waals surface area contributed by atoms with Crippen LogP contribution in [0.1, 0.15) is 27.9 Å². The molecule has 0 saturated carbocycles. The Hall–Kier alpha value is -3.35. The zero-order valence-corrected chi connectivity index (χ0v) is 19.4. The Morgan fingerprint density at radius 3 is 1.94 bits per heavy atom. The lowest BCUT2D eigenvalue weighted by molar-refractivity contribution is 0.0890. The number of nitrogens with one attached hydrogen (secondary N) is 2. The molecule has 0 spiro atoms. The predicted octanol–water partition coefficient (Wildman–Crippen LogP) is 6.08. The van der Waals surface area contributed by atoms with Crippen molar-refractivity contribution in [1.82, 2.24) is 14.8 Å². The first-order valence-corrected chi connectivity index (χ1v) is 11.3. The van der Waals surface area contributed by atoms with E-state index in [1.807, 2.05) is 78.9 Å². The second kappa shape index (κ2) is 11.0. The molecule has 0 saturated heterocycles. The minimum absolute atomic E-state index is 0.135. The van der Waals surface area contributed by atoms with E-state index in [9.17, 15) is 4.79 Å². The van der Waals surface area contributed by atoms with Crippen LogP contribution >= 0.6 is 23.2 Å². The van der Waals surface area contributed by atoms with E-state index in [4.69, 9.17) is 23.2 Å². The van der Waals surface area contributed by atoms with E-state index in [2.05, 4.69) is 20.7 Å². The van der Waals surface area contributed by atoms with Crippen molar-refractivity contribution in [2.45, 2.75) is 25.9 Å². The number of aromatic nitrogens is 3. The van der Waals surface area contributed by atoms with Crippen LogP contribution in [0.15, 0.2) is 78.9 Å². The van der Waals surface area contributed by atoms with Crippen molar-refractivity contribution in [3.05, 3.63) is 106 Å². The Kier molecular flexibility index (Phi) is 7.60. The van der Waals surface area contributed by atoms with Gasteiger partial charge in [0.2, 0.25) is 17.8 Å². The predicted molar refractivity (Wildman–Crippen MR) is 133 cm³/mol. The van der Waals surface area contributed by atoms with Crippen molar-refractivity contribution in [3.63, 3.8) is 0 Å². The number of carbonyl (C=O) groups is 1. The lowest BCUT2D eigenvalue weighted by atomic mass is 10.1. The fraction of sp³-hybridized carbons (Fsp3) is 0.160. The Labute approximate surface area is 202 Å². The normalized spacial score (nSPS) is 10.7. The minimum Gasteiger partial charge on any atom is -0.350 e. The van der Waals surface area contributed by atoms with E-state index in [1.165, 1.54) is 4.68 Å². The molecule has 1 heterocycles. The smallest absolute Gasteiger partial charge is 0.250 e. The number of benzene rings is 3. The summed E-state index contributed by atoms with van der Waals surface area (Å²) in [6, 6.07) is 24.9. The number of carbonyl (C=O) groups excluding carboxylic acids is 1. The van der Waals surface area contributed by atoms with Crippen LogP contribution in [-0.4, -0.2) is 20.7 Å². The number of hydrogen-bond donors (Lipinski definition) is 2. The number of nitrogens with zero attached hydrogens (tertiary/aromatic N) is 3. The van der Waals surface area contributed by atoms with Crippen molar-refractivity contribution in [2.24, 2.45) is 0 Å². The van der Waals surface area contributed by atoms with Crippen LogP contribution < -0.4 is 10.6 Å². The fourth-order valence-corrected chi connectivity index (χ4v) is 3.50. The van der Waals surface area contributed by atoms with Gasteiger partial charge in [0.05, 0.1) is 0 Å². The summed E-state index contributed by atoms with van der Waals surface area (Å²) in [5, 5.41) is 12.2. The molecule has 4 aromatic rings. The lowest BCUT2D eigenvalue weighted by Gasteiger charge is -2.07. The summed E-state index contributed by atoms with van der Waals surface area (Å²) < 4.78 is 1.34. The van der Waals surface area contributed by atoms with E-state index in [0.29, 0.717) is 47.9 Å². The second-order valence-corrected chi connectivity index (χ2v) is 8.38. The van der Waals surface area contributed by atoms with Crippen LogP contribution in [0.5, 0.6) is 0 Å². The maximum absolute atomic E-state index is 13.0. The maximum Gasteiger partial charge on any atom is 0.250 e. The highest BCUT2D eigenvalue weighted by molar-refractivity contribution is 6.30. The van der Waals surface area contributed by atoms with Crippen LogP contribution in [0.3, 0.4) is 0 Å². The van der Waals surface area contributed by atoms with Crippen molar-refractivity contribution >= 4 is 41.0 Å². The van der Waals surface area contributed by atoms with Gasteiger partial charge in [-0.2, -0.15) is 9.67 Å². The highest BCUT2D eigenvalue weighted by atomic mass is 35.5. The largest absolute Gasteiger partial charge is 0.350 e. The summed E-state index contributed by atoms with van der Waals surface area (Å²) in [4.78, 5) is 17.5. The Bertz CT molecular complexity index is 1190. The molecular weight excluding hydrogens is 457 g/mol. The SMILES string of the molecule is O=C(CCc1ccccc1)n1nc(NCc2ccc(Cl)cc2)nc1NCc1ccc(Cl)cc1. The number of anilines is 2. The van der Waals surface area contributed by atoms with Crippen LogP contribution in [0.25, 0.3) is 0 Å². The zero-order valence-electron chi connectivity index (χ0n) is 17.8. The summed E-state index contributed by atoms with van der Waals surface area (Å²) in [5.41, 5.74) is 3.14. The van der Waals surface area contributed by atoms with Crippen molar-refractivity contribution in [1.29, 1.82) is 0 Å². The van der Waals surface area contributed by atoms with Gasteiger partial charge in [0.25, 0.3) is 0 Å². The van der Waals surface area contributed by atoms with Gasteiger partial charge in [-0.1, -0.05) is 77.8 Å². The molecule has 33 heavy (non-hydrogen) atoms. The topological polar surface area (TPSA) is 71.8 Å². The summed E-state index contributed by atoms with van der Waals surface area (Å²) in [6.07, 6.45) is 0.948. The lowest BCUT2D eigenvalue weighted by Crippen LogP contribution is -2.17. The van der Waals surface area contributed by atoms with Gasteiger partial charge in [-0.05, 0) is 47.4 Å². The second-order valence-electron chi connectivity index (χ2n) is 7.51. The monoisotopic (exact) mass is 479 g/mol. The maximum atomic E-state index is 13.0. The molecule has 1 aromatic heterocycles. The van der Waals surface area contributed by atoms with Gasteiger partial charge in [0, 0.05) is 29.6 Å². The van der Waals surface area contributed by atoms with Gasteiger partial charge in [0.15, 0.2) is 0 Å². The average Bonchev–Trinajstić information content (AvgIpc) is 3.26. The highest BCUT2D eigenvalue weighted by Crippen LogP contribution is 2.16. The van der Waals surface area contributed by atoms with E-state index < -0.39 is 0 Å². The Morgan fingerprint density at radius 2 is 1.33 bits per heavy atom. The van der Waals surface area contributed by atoms with E-state index >= 15 is 0 Å². The average molecular weight is 480 g/mol. The molecule has 0 fully saturated rings. The van der Waals surface area contributed by atoms with Gasteiger partial charge in [0.1, 0.15) is 0 Å². The van der Waals surface area contributed by atoms with Crippen LogP contribution in [0.2, 0.25) is 10.0 Å². The number of hydrogen-bond acceptors (Lipinski definition) is 5. The van der Waals surface area contributed by atoms with Crippen LogP contribution in [-0.2, 0) is 19.5 Å². The minimum atomic E-state index is -0.135. The highest BCUT2D eigenvalue weighted by Gasteiger charge is 2.16. The molecule has 0 amide bonds. The molecule has 2 N–H and O–H groups in total. The van der Waals surface area contributed by atoms with Gasteiger partial charge in [-0.15, -0.1) is 5.10 Å². The standard InChI is InChI=1S/C25H23Cl2N5O/c26-21-11-6-19(7-12-21)16-28-24-30-25(29-17-20-8-13-22(27)14-9-20)32(31-24)23(33)15-10-18-4-2-1-3-5-18/h1-9,11-14H,10,15-17H2,(H2,28,29,30,31). The van der Waals surface area contributed by atoms with Gasteiger partial charge in [-0.25, -0.2) is 0 Å². The summed E-state index contributed by atoms with van der Waals surface area (Å²) in [7, 11) is 0. The van der Waals surface area contributed by atoms with Gasteiger partial charge >= 0.3 is 0 Å². The van der Waals surface area contributed by atoms with Crippen LogP contribution in [0, 0.1) is 0 Å². The number of halogens is 2. The van der Waals surface area contributed by atoms with Crippen molar-refractivity contribution in [3.8, 4) is 0 Å². The first-order chi connectivity index (χ1) is 16.1. The third kappa shape index (κ3) is 6.57. The first kappa shape index (κ1) is 22.8. The molecule has 0 aliphatic carbocycles. The van der Waals surface area contributed by atoms with Gasteiger partial charge in [-0.3, -0.25) is 4.79 Å². The summed E-state index contributed by atoms with van der Waals surface area (Å²) in [5.74, 6) is 0.628. The molecule has 8 heteroatoms. The Morgan fingerprint density at radius 1 is 0.758 bits per heavy atom. The molecule has 0 atom stereocenters. The number of rotatable bonds is 9.